The smallest absolute Gasteiger partial charge is 0.326 e. The predicted octanol–water partition coefficient (Wildman–Crippen LogP) is -4.07. The maximum atomic E-state index is 15.6. The van der Waals surface area contributed by atoms with Crippen LogP contribution in [-0.4, -0.2) is 225 Å². The van der Waals surface area contributed by atoms with Gasteiger partial charge in [-0.05, 0) is 112 Å². The molecule has 32 N–H and O–H groups in total. The van der Waals surface area contributed by atoms with Crippen LogP contribution >= 0.6 is 25.3 Å². The van der Waals surface area contributed by atoms with Gasteiger partial charge in [0.2, 0.25) is 70.9 Å². The van der Waals surface area contributed by atoms with E-state index >= 15 is 14.4 Å². The number of aliphatic hydroxyl groups excluding tert-OH is 1. The lowest BCUT2D eigenvalue weighted by molar-refractivity contribution is -0.145. The summed E-state index contributed by atoms with van der Waals surface area (Å²) in [5.74, 6) is -14.8. The van der Waals surface area contributed by atoms with Gasteiger partial charge in [0.15, 0.2) is 23.8 Å². The molecule has 0 fully saturated rings. The van der Waals surface area contributed by atoms with Gasteiger partial charge in [-0.3, -0.25) is 79.2 Å². The number of hydrogen-bond donors (Lipinski definition) is 29. The van der Waals surface area contributed by atoms with Crippen molar-refractivity contribution in [3.05, 3.63) is 84.1 Å². The molecule has 0 unspecified atom stereocenters. The highest BCUT2D eigenvalue weighted by atomic mass is 32.1. The van der Waals surface area contributed by atoms with Crippen LogP contribution < -0.4 is 108 Å². The molecule has 0 aliphatic carbocycles. The number of primary amides is 1. The van der Waals surface area contributed by atoms with Gasteiger partial charge in [-0.25, -0.2) is 4.79 Å². The third-order valence-corrected chi connectivity index (χ3v) is 18.7. The Hall–Kier alpha value is -11.7. The highest BCUT2D eigenvalue weighted by molar-refractivity contribution is 7.81. The van der Waals surface area contributed by atoms with Gasteiger partial charge in [0, 0.05) is 80.0 Å². The van der Waals surface area contributed by atoms with Crippen molar-refractivity contribution in [1.82, 2.24) is 84.7 Å². The molecule has 0 saturated carbocycles. The summed E-state index contributed by atoms with van der Waals surface area (Å²) in [5, 5.41) is 92.5. The maximum absolute atomic E-state index is 15.6. The third kappa shape index (κ3) is 33.1. The quantitative estimate of drug-likeness (QED) is 0.00866. The van der Waals surface area contributed by atoms with Crippen LogP contribution in [0.2, 0.25) is 0 Å². The molecule has 1 aromatic heterocycles. The number of rotatable bonds is 48. The number of guanidine groups is 4. The van der Waals surface area contributed by atoms with Crippen molar-refractivity contribution in [2.45, 2.75) is 203 Å². The molecule has 40 nitrogen and oxygen atoms in total. The molecular weight excluding hydrogens is 1530 g/mol. The van der Waals surface area contributed by atoms with E-state index in [1.165, 1.54) is 20.8 Å². The number of aromatic nitrogens is 1. The number of H-pyrrole nitrogens is 1. The van der Waals surface area contributed by atoms with E-state index in [1.807, 2.05) is 12.1 Å². The molecule has 3 aromatic carbocycles. The number of nitrogens with one attached hydrogen (secondary N) is 20. The zero-order valence-electron chi connectivity index (χ0n) is 65.4. The normalized spacial score (nSPS) is 14.5. The SMILES string of the molecule is CC(=O)N[C@@H](CS)C(=O)N[C@@H](CCCNC(=N)N)C(=O)N[C@@H](CCCNC(=N)N)C(=O)N[C@@H](CCCNC(=N)N)C(=O)N[C@@H](Cc1cccc2ccccc12)C(=O)N[C@@H](Cc1c[nH]c2ccccc12)C(=O)N[C@@H](CCC(N)=O)C(=O)N[C@H](C(=O)N[C@H](C(=O)N[C@@H](CCCNC(=N)N)C(=O)N[C@H](C(=O)O)C(C)(C)C)[C@@H](C)O)C(C)(C)S. The second-order valence-electron chi connectivity index (χ2n) is 29.2. The standard InChI is InChI=1S/C73H113N25O15S2/c1-37(99)54(65(110)93-48(26-16-32-86-71(81)82)60(105)98-56(67(112)113)72(3,4)5)96-66(111)55(73(6,7)115)97-61(106)49(27-28-53(74)101)92-62(107)51(34-41-35-87-44-22-11-10-21-43(41)44)95-63(108)50(33-40-19-12-18-39-17-8-9-20-42(39)40)94-59(104)47(25-15-31-85-70(79)80)90-57(102)45(23-13-29-83-68(75)76)89-58(103)46(24-14-30-84-69(77)78)91-64(109)52(36-114)88-38(2)100/h8-12,17-22,35,37,45-52,54-56,87,99,114-115H,13-16,23-34,36H2,1-7H3,(H2,74,101)(H,88,100)(H,89,103)(H,90,102)(H,91,109)(H,92,107)(H,93,110)(H,94,104)(H,95,108)(H,96,111)(H,97,106)(H,98,105)(H,112,113)(H4,75,76,83)(H4,77,78,84)(H4,79,80,85)(H4,81,82,86)/t37-,45+,46+,47+,48+,49+,50+,51+,52+,54+,55-,56-/m1/s1. The van der Waals surface area contributed by atoms with Crippen LogP contribution in [0, 0.1) is 27.1 Å². The molecule has 0 saturated heterocycles. The minimum Gasteiger partial charge on any atom is -0.480 e. The van der Waals surface area contributed by atoms with Crippen molar-refractivity contribution < 1.29 is 72.5 Å². The van der Waals surface area contributed by atoms with Crippen molar-refractivity contribution in [3.63, 3.8) is 0 Å². The second kappa shape index (κ2) is 46.5. The van der Waals surface area contributed by atoms with E-state index in [1.54, 1.807) is 81.6 Å². The first-order chi connectivity index (χ1) is 54.0. The van der Waals surface area contributed by atoms with Crippen molar-refractivity contribution in [1.29, 1.82) is 21.6 Å². The van der Waals surface area contributed by atoms with E-state index in [0.29, 0.717) is 27.4 Å². The number of nitrogens with two attached hydrogens (primary N) is 5. The molecule has 0 aliphatic rings. The first-order valence-corrected chi connectivity index (χ1v) is 38.3. The fourth-order valence-electron chi connectivity index (χ4n) is 12.1. The lowest BCUT2D eigenvalue weighted by Gasteiger charge is -2.33. The van der Waals surface area contributed by atoms with Crippen LogP contribution in [-0.2, 0) is 75.2 Å². The monoisotopic (exact) mass is 1640 g/mol. The molecule has 0 radical (unpaired) electrons. The average molecular weight is 1650 g/mol. The van der Waals surface area contributed by atoms with Crippen molar-refractivity contribution in [2.75, 3.05) is 31.9 Å². The molecule has 42 heteroatoms. The molecule has 115 heavy (non-hydrogen) atoms. The van der Waals surface area contributed by atoms with Crippen molar-refractivity contribution in [2.24, 2.45) is 34.1 Å². The number of carbonyl (C=O) groups excluding carboxylic acids is 12. The van der Waals surface area contributed by atoms with Gasteiger partial charge in [-0.2, -0.15) is 25.3 Å². The first kappa shape index (κ1) is 95.7. The van der Waals surface area contributed by atoms with Gasteiger partial charge in [0.1, 0.15) is 66.5 Å². The fraction of sp³-hybridized carbons (Fsp3) is 0.521. The Morgan fingerprint density at radius 2 is 0.809 bits per heavy atom. The Morgan fingerprint density at radius 1 is 0.443 bits per heavy atom. The summed E-state index contributed by atoms with van der Waals surface area (Å²) >= 11 is 8.80. The van der Waals surface area contributed by atoms with Crippen LogP contribution in [0.25, 0.3) is 21.7 Å². The van der Waals surface area contributed by atoms with E-state index in [0.717, 1.165) is 12.3 Å². The molecule has 1 heterocycles. The summed E-state index contributed by atoms with van der Waals surface area (Å²) in [7, 11) is 0. The number of thiol groups is 2. The second-order valence-corrected chi connectivity index (χ2v) is 30.7. The largest absolute Gasteiger partial charge is 0.480 e. The van der Waals surface area contributed by atoms with Crippen LogP contribution in [0.3, 0.4) is 0 Å². The van der Waals surface area contributed by atoms with Crippen LogP contribution in [0.5, 0.6) is 0 Å². The maximum Gasteiger partial charge on any atom is 0.326 e. The molecule has 12 amide bonds. The lowest BCUT2D eigenvalue weighted by Crippen LogP contribution is -2.64. The van der Waals surface area contributed by atoms with Crippen molar-refractivity contribution >= 4 is 148 Å². The fourth-order valence-corrected chi connectivity index (χ4v) is 12.5. The third-order valence-electron chi connectivity index (χ3n) is 18.0. The van der Waals surface area contributed by atoms with Gasteiger partial charge in [-0.1, -0.05) is 81.4 Å². The Balaban J connectivity index is 1.82. The number of carbonyl (C=O) groups is 13. The number of aromatic amines is 1. The molecule has 0 aliphatic heterocycles. The van der Waals surface area contributed by atoms with Crippen molar-refractivity contribution in [3.8, 4) is 0 Å². The summed E-state index contributed by atoms with van der Waals surface area (Å²) in [6.45, 7) is 9.90. The van der Waals surface area contributed by atoms with Gasteiger partial charge in [0.25, 0.3) is 0 Å². The zero-order chi connectivity index (χ0) is 86.0. The molecule has 4 aromatic rings. The van der Waals surface area contributed by atoms with E-state index in [2.05, 4.69) is 110 Å². The van der Waals surface area contributed by atoms with Gasteiger partial charge >= 0.3 is 5.97 Å². The number of hydrogen-bond acceptors (Lipinski definition) is 20. The summed E-state index contributed by atoms with van der Waals surface area (Å²) < 4.78 is -1.58. The molecular formula is C73H113N25O15S2. The molecule has 12 atom stereocenters. The summed E-state index contributed by atoms with van der Waals surface area (Å²) in [6, 6.07) is 1.84. The highest BCUT2D eigenvalue weighted by Gasteiger charge is 2.42. The molecule has 632 valence electrons. The summed E-state index contributed by atoms with van der Waals surface area (Å²) in [5.41, 5.74) is 28.3. The van der Waals surface area contributed by atoms with E-state index in [-0.39, 0.29) is 102 Å². The highest BCUT2D eigenvalue weighted by Crippen LogP contribution is 2.25. The van der Waals surface area contributed by atoms with Crippen LogP contribution in [0.4, 0.5) is 0 Å². The number of aliphatic hydroxyl groups is 1. The van der Waals surface area contributed by atoms with Gasteiger partial charge in [-0.15, -0.1) is 0 Å². The number of benzene rings is 3. The van der Waals surface area contributed by atoms with Crippen LogP contribution in [0.1, 0.15) is 124 Å². The molecule has 4 rings (SSSR count). The first-order valence-electron chi connectivity index (χ1n) is 37.2. The van der Waals surface area contributed by atoms with Gasteiger partial charge in [0.05, 0.1) is 6.10 Å². The predicted molar refractivity (Wildman–Crippen MR) is 437 cm³/mol. The minimum absolute atomic E-state index is 0.0129. The lowest BCUT2D eigenvalue weighted by atomic mass is 9.86. The number of aliphatic carboxylic acids is 1. The Bertz CT molecular complexity index is 4110. The van der Waals surface area contributed by atoms with E-state index < -0.39 is 190 Å². The average Bonchev–Trinajstić information content (AvgIpc) is 1.66. The topological polar surface area (TPSA) is 684 Å². The number of fused-ring (bicyclic) bond motifs is 2. The van der Waals surface area contributed by atoms with Crippen LogP contribution in [0.15, 0.2) is 72.9 Å². The Morgan fingerprint density at radius 3 is 1.21 bits per heavy atom. The summed E-state index contributed by atoms with van der Waals surface area (Å²) in [4.78, 5) is 187. The number of amides is 12. The molecule has 0 bridgehead atoms. The Kier molecular flexibility index (Phi) is 38.7. The van der Waals surface area contributed by atoms with Gasteiger partial charge < -0.3 is 124 Å². The number of para-hydroxylation sites is 1. The Labute approximate surface area is 676 Å². The van der Waals surface area contributed by atoms with E-state index in [9.17, 15) is 58.2 Å². The summed E-state index contributed by atoms with van der Waals surface area (Å²) in [6.07, 6.45) is -2.27. The minimum atomic E-state index is -1.89. The zero-order valence-corrected chi connectivity index (χ0v) is 67.1. The molecule has 0 spiro atoms. The number of carboxylic acid groups (broad SMARTS) is 1. The van der Waals surface area contributed by atoms with E-state index in [4.69, 9.17) is 50.3 Å². The number of carboxylic acids is 1.